The molecule has 0 radical (unpaired) electrons. The molecule has 4 rings (SSSR count). The molecule has 1 saturated carbocycles. The van der Waals surface area contributed by atoms with Crippen LogP contribution in [0.4, 0.5) is 0 Å². The van der Waals surface area contributed by atoms with Gasteiger partial charge in [0.05, 0.1) is 12.3 Å². The van der Waals surface area contributed by atoms with Crippen molar-refractivity contribution in [1.82, 2.24) is 19.7 Å². The van der Waals surface area contributed by atoms with E-state index < -0.39 is 0 Å². The number of rotatable bonds is 10. The van der Waals surface area contributed by atoms with Gasteiger partial charge in [0.2, 0.25) is 5.91 Å². The number of thioether (sulfide) groups is 1. The summed E-state index contributed by atoms with van der Waals surface area (Å²) in [5.41, 5.74) is 3.63. The molecule has 0 bridgehead atoms. The maximum absolute atomic E-state index is 13.0. The lowest BCUT2D eigenvalue weighted by molar-refractivity contribution is -0.129. The summed E-state index contributed by atoms with van der Waals surface area (Å²) in [7, 11) is 0. The molecule has 5 nitrogen and oxygen atoms in total. The second kappa shape index (κ2) is 10.1. The van der Waals surface area contributed by atoms with Gasteiger partial charge < -0.3 is 9.47 Å². The zero-order valence-corrected chi connectivity index (χ0v) is 19.1. The smallest absolute Gasteiger partial charge is 0.233 e. The van der Waals surface area contributed by atoms with Crippen molar-refractivity contribution in [3.8, 4) is 0 Å². The fraction of sp³-hybridized carbons (Fsp3) is 0.400. The Kier molecular flexibility index (Phi) is 7.07. The Hall–Kier alpha value is -2.60. The highest BCUT2D eigenvalue weighted by atomic mass is 32.2. The third-order valence-corrected chi connectivity index (χ3v) is 6.49. The van der Waals surface area contributed by atoms with Gasteiger partial charge in [0.1, 0.15) is 5.82 Å². The number of amides is 1. The van der Waals surface area contributed by atoms with Crippen molar-refractivity contribution in [2.45, 2.75) is 57.3 Å². The van der Waals surface area contributed by atoms with E-state index in [1.54, 1.807) is 0 Å². The molecular weight excluding hydrogens is 404 g/mol. The average Bonchev–Trinajstić information content (AvgIpc) is 3.55. The van der Waals surface area contributed by atoms with Crippen molar-refractivity contribution in [2.24, 2.45) is 0 Å². The number of aromatic nitrogens is 3. The summed E-state index contributed by atoms with van der Waals surface area (Å²) in [6.07, 6.45) is 3.30. The summed E-state index contributed by atoms with van der Waals surface area (Å²) in [6, 6.07) is 18.8. The molecule has 1 aliphatic rings. The zero-order chi connectivity index (χ0) is 21.6. The van der Waals surface area contributed by atoms with Gasteiger partial charge in [-0.25, -0.2) is 0 Å². The Morgan fingerprint density at radius 2 is 1.81 bits per heavy atom. The molecule has 1 aliphatic carbocycles. The highest BCUT2D eigenvalue weighted by Gasteiger charge is 2.30. The van der Waals surface area contributed by atoms with Crippen LogP contribution in [-0.4, -0.2) is 37.9 Å². The normalized spacial score (nSPS) is 13.4. The van der Waals surface area contributed by atoms with Crippen molar-refractivity contribution < 1.29 is 4.79 Å². The SMILES string of the molecule is CCCN(Cc1ccc(C)cc1)C(=O)CSc1nnc(C2CC2)n1Cc1ccccc1. The first-order valence-electron chi connectivity index (χ1n) is 11.1. The Morgan fingerprint density at radius 3 is 2.48 bits per heavy atom. The molecule has 0 N–H and O–H groups in total. The molecule has 0 unspecified atom stereocenters. The Labute approximate surface area is 188 Å². The van der Waals surface area contributed by atoms with Gasteiger partial charge >= 0.3 is 0 Å². The predicted octanol–water partition coefficient (Wildman–Crippen LogP) is 5.04. The Morgan fingerprint density at radius 1 is 1.06 bits per heavy atom. The molecule has 31 heavy (non-hydrogen) atoms. The first-order chi connectivity index (χ1) is 15.1. The van der Waals surface area contributed by atoms with Gasteiger partial charge in [-0.3, -0.25) is 4.79 Å². The minimum atomic E-state index is 0.148. The Bertz CT molecular complexity index is 996. The molecule has 2 aromatic carbocycles. The van der Waals surface area contributed by atoms with E-state index in [9.17, 15) is 4.79 Å². The van der Waals surface area contributed by atoms with Crippen LogP contribution in [0.2, 0.25) is 0 Å². The maximum Gasteiger partial charge on any atom is 0.233 e. The van der Waals surface area contributed by atoms with Gasteiger partial charge in [-0.1, -0.05) is 78.8 Å². The van der Waals surface area contributed by atoms with E-state index in [1.165, 1.54) is 41.3 Å². The molecule has 3 aromatic rings. The van der Waals surface area contributed by atoms with Crippen LogP contribution >= 0.6 is 11.8 Å². The largest absolute Gasteiger partial charge is 0.338 e. The standard InChI is InChI=1S/C25H30N4OS/c1-3-15-28(16-21-11-9-19(2)10-12-21)23(30)18-31-25-27-26-24(22-13-14-22)29(25)17-20-7-5-4-6-8-20/h4-12,22H,3,13-18H2,1-2H3. The van der Waals surface area contributed by atoms with Gasteiger partial charge in [0, 0.05) is 19.0 Å². The number of benzene rings is 2. The van der Waals surface area contributed by atoms with Crippen LogP contribution in [0.3, 0.4) is 0 Å². The summed E-state index contributed by atoms with van der Waals surface area (Å²) in [6.45, 7) is 6.35. The highest BCUT2D eigenvalue weighted by Crippen LogP contribution is 2.40. The van der Waals surface area contributed by atoms with Gasteiger partial charge in [-0.05, 0) is 37.3 Å². The van der Waals surface area contributed by atoms with Crippen LogP contribution in [0, 0.1) is 6.92 Å². The lowest BCUT2D eigenvalue weighted by Gasteiger charge is -2.22. The summed E-state index contributed by atoms with van der Waals surface area (Å²) in [4.78, 5) is 15.0. The maximum atomic E-state index is 13.0. The molecule has 1 aromatic heterocycles. The topological polar surface area (TPSA) is 51.0 Å². The van der Waals surface area contributed by atoms with Crippen molar-refractivity contribution in [1.29, 1.82) is 0 Å². The van der Waals surface area contributed by atoms with E-state index >= 15 is 0 Å². The molecule has 0 saturated heterocycles. The van der Waals surface area contributed by atoms with Crippen molar-refractivity contribution in [3.05, 3.63) is 77.1 Å². The second-order valence-corrected chi connectivity index (χ2v) is 9.22. The molecule has 1 amide bonds. The van der Waals surface area contributed by atoms with E-state index in [-0.39, 0.29) is 5.91 Å². The predicted molar refractivity (Wildman–Crippen MR) is 125 cm³/mol. The molecule has 1 fully saturated rings. The minimum absolute atomic E-state index is 0.148. The number of carbonyl (C=O) groups is 1. The molecule has 0 atom stereocenters. The van der Waals surface area contributed by atoms with Gasteiger partial charge in [0.25, 0.3) is 0 Å². The lowest BCUT2D eigenvalue weighted by atomic mass is 10.1. The second-order valence-electron chi connectivity index (χ2n) is 8.28. The Balaban J connectivity index is 1.44. The number of nitrogens with zero attached hydrogens (tertiary/aromatic N) is 4. The quantitative estimate of drug-likeness (QED) is 0.419. The van der Waals surface area contributed by atoms with Crippen LogP contribution in [0.5, 0.6) is 0 Å². The van der Waals surface area contributed by atoms with Crippen LogP contribution in [0.1, 0.15) is 54.6 Å². The fourth-order valence-electron chi connectivity index (χ4n) is 3.66. The molecular formula is C25H30N4OS. The molecule has 0 aliphatic heterocycles. The van der Waals surface area contributed by atoms with Crippen LogP contribution in [-0.2, 0) is 17.9 Å². The average molecular weight is 435 g/mol. The van der Waals surface area contributed by atoms with Crippen LogP contribution in [0.15, 0.2) is 59.8 Å². The van der Waals surface area contributed by atoms with E-state index in [0.717, 1.165) is 30.5 Å². The zero-order valence-electron chi connectivity index (χ0n) is 18.3. The summed E-state index contributed by atoms with van der Waals surface area (Å²) in [5, 5.41) is 9.77. The summed E-state index contributed by atoms with van der Waals surface area (Å²) in [5.74, 6) is 2.10. The van der Waals surface area contributed by atoms with E-state index in [4.69, 9.17) is 0 Å². The first kappa shape index (κ1) is 21.6. The monoisotopic (exact) mass is 434 g/mol. The van der Waals surface area contributed by atoms with E-state index in [1.807, 2.05) is 11.0 Å². The molecule has 1 heterocycles. The van der Waals surface area contributed by atoms with E-state index in [2.05, 4.69) is 77.1 Å². The number of carbonyl (C=O) groups excluding carboxylic acids is 1. The lowest BCUT2D eigenvalue weighted by Crippen LogP contribution is -2.32. The van der Waals surface area contributed by atoms with Crippen molar-refractivity contribution >= 4 is 17.7 Å². The molecule has 6 heteroatoms. The summed E-state index contributed by atoms with van der Waals surface area (Å²) >= 11 is 1.51. The van der Waals surface area contributed by atoms with Crippen molar-refractivity contribution in [3.63, 3.8) is 0 Å². The first-order valence-corrected chi connectivity index (χ1v) is 12.1. The van der Waals surface area contributed by atoms with Gasteiger partial charge in [0.15, 0.2) is 5.16 Å². The van der Waals surface area contributed by atoms with Gasteiger partial charge in [-0.15, -0.1) is 10.2 Å². The molecule has 162 valence electrons. The minimum Gasteiger partial charge on any atom is -0.338 e. The van der Waals surface area contributed by atoms with Crippen molar-refractivity contribution in [2.75, 3.05) is 12.3 Å². The number of hydrogen-bond donors (Lipinski definition) is 0. The number of aryl methyl sites for hydroxylation is 1. The van der Waals surface area contributed by atoms with Crippen LogP contribution < -0.4 is 0 Å². The third kappa shape index (κ3) is 5.76. The number of hydrogen-bond acceptors (Lipinski definition) is 4. The summed E-state index contributed by atoms with van der Waals surface area (Å²) < 4.78 is 2.20. The molecule has 0 spiro atoms. The highest BCUT2D eigenvalue weighted by molar-refractivity contribution is 7.99. The van der Waals surface area contributed by atoms with E-state index in [0.29, 0.717) is 18.2 Å². The third-order valence-electron chi connectivity index (χ3n) is 5.54. The van der Waals surface area contributed by atoms with Gasteiger partial charge in [-0.2, -0.15) is 0 Å². The van der Waals surface area contributed by atoms with Crippen LogP contribution in [0.25, 0.3) is 0 Å². The fourth-order valence-corrected chi connectivity index (χ4v) is 4.51.